The first-order valence-electron chi connectivity index (χ1n) is 17.3. The second-order valence-electron chi connectivity index (χ2n) is 13.5. The minimum absolute atomic E-state index is 0.284. The highest BCUT2D eigenvalue weighted by molar-refractivity contribution is 7.26. The van der Waals surface area contributed by atoms with Gasteiger partial charge in [-0.05, 0) is 91.5 Å². The maximum absolute atomic E-state index is 5.00. The molecule has 11 rings (SSSR count). The van der Waals surface area contributed by atoms with E-state index in [0.29, 0.717) is 5.92 Å². The van der Waals surface area contributed by atoms with Gasteiger partial charge in [0.2, 0.25) is 0 Å². The van der Waals surface area contributed by atoms with Gasteiger partial charge in [0.15, 0.2) is 0 Å². The standard InChI is InChI=1S/C47H30N2S/c1-2-14-35-33(12-1)34-13-3-4-15-36(34)41-27-30(20-22-37(35)41)29-10-9-11-31(26-29)46-47-40(24-25-48-46)42-28-32(21-23-45(42)50-47)49-43-18-7-5-16-38(43)39-17-6-8-19-44(39)49/h1-28,38,43H. The molecule has 3 heterocycles. The minimum atomic E-state index is 0.284. The fourth-order valence-corrected chi connectivity index (χ4v) is 9.76. The van der Waals surface area contributed by atoms with Crippen LogP contribution in [0.3, 0.4) is 0 Å². The number of allylic oxidation sites excluding steroid dienone is 2. The number of anilines is 2. The van der Waals surface area contributed by atoms with Crippen LogP contribution in [-0.2, 0) is 0 Å². The van der Waals surface area contributed by atoms with E-state index in [1.807, 2.05) is 17.5 Å². The Morgan fingerprint density at radius 2 is 1.20 bits per heavy atom. The first-order chi connectivity index (χ1) is 24.8. The van der Waals surface area contributed by atoms with E-state index in [1.165, 1.54) is 80.6 Å². The van der Waals surface area contributed by atoms with Crippen LogP contribution in [0.4, 0.5) is 11.4 Å². The van der Waals surface area contributed by atoms with Crippen LogP contribution < -0.4 is 4.90 Å². The Hall–Kier alpha value is -6.03. The summed E-state index contributed by atoms with van der Waals surface area (Å²) in [6.45, 7) is 0. The third-order valence-electron chi connectivity index (χ3n) is 10.8. The molecule has 1 aliphatic carbocycles. The number of rotatable bonds is 3. The summed E-state index contributed by atoms with van der Waals surface area (Å²) in [6.07, 6.45) is 11.0. The predicted octanol–water partition coefficient (Wildman–Crippen LogP) is 13.0. The van der Waals surface area contributed by atoms with Gasteiger partial charge in [-0.25, -0.2) is 0 Å². The van der Waals surface area contributed by atoms with Gasteiger partial charge >= 0.3 is 0 Å². The molecule has 2 nitrogen and oxygen atoms in total. The number of hydrogen-bond donors (Lipinski definition) is 0. The van der Waals surface area contributed by atoms with Gasteiger partial charge in [-0.3, -0.25) is 4.98 Å². The normalized spacial score (nSPS) is 16.6. The third-order valence-corrected chi connectivity index (χ3v) is 12.0. The summed E-state index contributed by atoms with van der Waals surface area (Å²) in [6, 6.07) is 51.7. The largest absolute Gasteiger partial charge is 0.333 e. The zero-order valence-electron chi connectivity index (χ0n) is 27.1. The van der Waals surface area contributed by atoms with Gasteiger partial charge in [0, 0.05) is 44.5 Å². The Morgan fingerprint density at radius 3 is 2.04 bits per heavy atom. The first-order valence-corrected chi connectivity index (χ1v) is 18.1. The van der Waals surface area contributed by atoms with Gasteiger partial charge in [-0.2, -0.15) is 0 Å². The number of fused-ring (bicyclic) bond motifs is 12. The molecule has 2 unspecified atom stereocenters. The Kier molecular flexibility index (Phi) is 5.98. The number of pyridine rings is 1. The molecule has 0 N–H and O–H groups in total. The molecule has 0 saturated heterocycles. The molecule has 0 fully saturated rings. The van der Waals surface area contributed by atoms with Crippen LogP contribution in [0.1, 0.15) is 11.5 Å². The quantitative estimate of drug-likeness (QED) is 0.176. The number of benzene rings is 7. The van der Waals surface area contributed by atoms with E-state index in [9.17, 15) is 0 Å². The summed E-state index contributed by atoms with van der Waals surface area (Å²) in [5.41, 5.74) is 8.51. The predicted molar refractivity (Wildman–Crippen MR) is 214 cm³/mol. The number of para-hydroxylation sites is 1. The average molecular weight is 655 g/mol. The molecular formula is C47H30N2S. The monoisotopic (exact) mass is 654 g/mol. The van der Waals surface area contributed by atoms with E-state index < -0.39 is 0 Å². The zero-order valence-corrected chi connectivity index (χ0v) is 27.9. The molecule has 0 radical (unpaired) electrons. The van der Waals surface area contributed by atoms with Crippen molar-refractivity contribution < 1.29 is 0 Å². The minimum Gasteiger partial charge on any atom is -0.333 e. The summed E-state index contributed by atoms with van der Waals surface area (Å²) in [4.78, 5) is 7.52. The van der Waals surface area contributed by atoms with Crippen molar-refractivity contribution in [3.05, 3.63) is 176 Å². The average Bonchev–Trinajstić information content (AvgIpc) is 3.73. The molecule has 0 saturated carbocycles. The van der Waals surface area contributed by atoms with E-state index in [2.05, 4.69) is 169 Å². The van der Waals surface area contributed by atoms with Gasteiger partial charge < -0.3 is 4.90 Å². The smallest absolute Gasteiger partial charge is 0.0880 e. The van der Waals surface area contributed by atoms with Crippen LogP contribution >= 0.6 is 11.3 Å². The molecule has 1 aliphatic heterocycles. The van der Waals surface area contributed by atoms with Gasteiger partial charge in [0.1, 0.15) is 0 Å². The summed E-state index contributed by atoms with van der Waals surface area (Å²) < 4.78 is 2.51. The number of hydrogen-bond acceptors (Lipinski definition) is 3. The maximum Gasteiger partial charge on any atom is 0.0880 e. The molecule has 3 heteroatoms. The van der Waals surface area contributed by atoms with Gasteiger partial charge in [0.25, 0.3) is 0 Å². The van der Waals surface area contributed by atoms with Crippen molar-refractivity contribution in [3.8, 4) is 22.4 Å². The van der Waals surface area contributed by atoms with Crippen LogP contribution in [0.25, 0.3) is 74.9 Å². The highest BCUT2D eigenvalue weighted by Gasteiger charge is 2.37. The van der Waals surface area contributed by atoms with Crippen molar-refractivity contribution in [1.82, 2.24) is 4.98 Å². The zero-order chi connectivity index (χ0) is 32.8. The van der Waals surface area contributed by atoms with Gasteiger partial charge in [-0.15, -0.1) is 11.3 Å². The number of thiophene rings is 1. The highest BCUT2D eigenvalue weighted by Crippen LogP contribution is 2.49. The Morgan fingerprint density at radius 1 is 0.500 bits per heavy atom. The fourth-order valence-electron chi connectivity index (χ4n) is 8.57. The van der Waals surface area contributed by atoms with E-state index >= 15 is 0 Å². The number of nitrogens with zero attached hydrogens (tertiary/aromatic N) is 2. The molecule has 9 aromatic rings. The van der Waals surface area contributed by atoms with Crippen molar-refractivity contribution in [2.24, 2.45) is 0 Å². The Bertz CT molecular complexity index is 2880. The molecule has 0 amide bonds. The van der Waals surface area contributed by atoms with Crippen molar-refractivity contribution in [1.29, 1.82) is 0 Å². The van der Waals surface area contributed by atoms with Gasteiger partial charge in [0.05, 0.1) is 16.4 Å². The van der Waals surface area contributed by atoms with Crippen molar-refractivity contribution in [2.75, 3.05) is 4.90 Å². The molecule has 234 valence electrons. The molecule has 2 aliphatic rings. The number of aromatic nitrogens is 1. The van der Waals surface area contributed by atoms with E-state index in [0.717, 1.165) is 11.3 Å². The van der Waals surface area contributed by atoms with Crippen LogP contribution in [0.15, 0.2) is 170 Å². The lowest BCUT2D eigenvalue weighted by Crippen LogP contribution is -2.28. The van der Waals surface area contributed by atoms with Crippen LogP contribution in [0.2, 0.25) is 0 Å². The Balaban J connectivity index is 1.03. The van der Waals surface area contributed by atoms with E-state index in [-0.39, 0.29) is 6.04 Å². The van der Waals surface area contributed by atoms with E-state index in [4.69, 9.17) is 4.98 Å². The lowest BCUT2D eigenvalue weighted by molar-refractivity contribution is 0.745. The Labute approximate surface area is 293 Å². The third kappa shape index (κ3) is 4.05. The van der Waals surface area contributed by atoms with Crippen molar-refractivity contribution in [3.63, 3.8) is 0 Å². The van der Waals surface area contributed by atoms with E-state index in [1.54, 1.807) is 0 Å². The topological polar surface area (TPSA) is 16.1 Å². The van der Waals surface area contributed by atoms with Gasteiger partial charge in [-0.1, -0.05) is 121 Å². The van der Waals surface area contributed by atoms with Crippen molar-refractivity contribution in [2.45, 2.75) is 12.0 Å². The molecular weight excluding hydrogens is 625 g/mol. The molecule has 7 aromatic carbocycles. The molecule has 0 bridgehead atoms. The van der Waals surface area contributed by atoms with Crippen LogP contribution in [-0.4, -0.2) is 11.0 Å². The molecule has 0 spiro atoms. The van der Waals surface area contributed by atoms with Crippen LogP contribution in [0, 0.1) is 0 Å². The molecule has 2 aromatic heterocycles. The molecule has 50 heavy (non-hydrogen) atoms. The fraction of sp³-hybridized carbons (Fsp3) is 0.0426. The summed E-state index contributed by atoms with van der Waals surface area (Å²) >= 11 is 1.84. The highest BCUT2D eigenvalue weighted by atomic mass is 32.1. The summed E-state index contributed by atoms with van der Waals surface area (Å²) in [5, 5.41) is 10.3. The van der Waals surface area contributed by atoms with Crippen LogP contribution in [0.5, 0.6) is 0 Å². The SMILES string of the molecule is C1=CC2c3ccccc3N(c3ccc4sc5c(-c6cccc(-c7ccc8c9ccccc9c9ccccc9c8c7)c6)nccc5c4c3)C2C=C1. The second kappa shape index (κ2) is 10.7. The maximum atomic E-state index is 5.00. The lowest BCUT2D eigenvalue weighted by atomic mass is 9.91. The summed E-state index contributed by atoms with van der Waals surface area (Å²) in [5.74, 6) is 0.370. The van der Waals surface area contributed by atoms with Crippen molar-refractivity contribution >= 4 is 75.2 Å². The lowest BCUT2D eigenvalue weighted by Gasteiger charge is -2.28. The first kappa shape index (κ1) is 27.9. The second-order valence-corrected chi connectivity index (χ2v) is 14.5. The summed E-state index contributed by atoms with van der Waals surface area (Å²) in [7, 11) is 0. The molecule has 2 atom stereocenters.